The minimum atomic E-state index is -3.79. The van der Waals surface area contributed by atoms with Crippen molar-refractivity contribution in [3.8, 4) is 0 Å². The second kappa shape index (κ2) is 6.74. The number of benzene rings is 1. The van der Waals surface area contributed by atoms with Crippen molar-refractivity contribution in [2.24, 2.45) is 11.7 Å². The fourth-order valence-corrected chi connectivity index (χ4v) is 6.10. The zero-order chi connectivity index (χ0) is 18.4. The smallest absolute Gasteiger partial charge is 0.262 e. The van der Waals surface area contributed by atoms with Crippen molar-refractivity contribution in [2.75, 3.05) is 4.72 Å². The zero-order valence-electron chi connectivity index (χ0n) is 13.9. The van der Waals surface area contributed by atoms with Crippen LogP contribution < -0.4 is 10.5 Å². The number of nitrogens with one attached hydrogen (secondary N) is 1. The lowest BCUT2D eigenvalue weighted by Gasteiger charge is -2.18. The van der Waals surface area contributed by atoms with Crippen molar-refractivity contribution >= 4 is 48.2 Å². The molecule has 5 nitrogen and oxygen atoms in total. The maximum atomic E-state index is 12.7. The van der Waals surface area contributed by atoms with Crippen molar-refractivity contribution in [3.05, 3.63) is 44.2 Å². The summed E-state index contributed by atoms with van der Waals surface area (Å²) in [7, 11) is -3.79. The summed E-state index contributed by atoms with van der Waals surface area (Å²) in [5.41, 5.74) is 7.59. The van der Waals surface area contributed by atoms with Crippen LogP contribution in [0.15, 0.2) is 27.6 Å². The highest BCUT2D eigenvalue weighted by Gasteiger charge is 2.28. The first-order valence-corrected chi connectivity index (χ1v) is 11.0. The number of anilines is 1. The molecule has 1 aliphatic rings. The van der Waals surface area contributed by atoms with Crippen LogP contribution in [0.2, 0.25) is 0 Å². The summed E-state index contributed by atoms with van der Waals surface area (Å²) < 4.78 is 28.9. The molecule has 0 fully saturated rings. The summed E-state index contributed by atoms with van der Waals surface area (Å²) in [5, 5.41) is 0.326. The van der Waals surface area contributed by atoms with Gasteiger partial charge in [0.2, 0.25) is 0 Å². The number of primary amides is 1. The van der Waals surface area contributed by atoms with Gasteiger partial charge >= 0.3 is 0 Å². The average molecular weight is 443 g/mol. The maximum absolute atomic E-state index is 12.7. The number of amides is 1. The Labute approximate surface area is 159 Å². The Morgan fingerprint density at radius 2 is 2.12 bits per heavy atom. The molecule has 0 bridgehead atoms. The summed E-state index contributed by atoms with van der Waals surface area (Å²) in [6.07, 6.45) is 2.58. The lowest BCUT2D eigenvalue weighted by molar-refractivity contribution is 0.100. The minimum Gasteiger partial charge on any atom is -0.365 e. The molecule has 0 radical (unpaired) electrons. The normalized spacial score (nSPS) is 17.2. The monoisotopic (exact) mass is 442 g/mol. The number of fused-ring (bicyclic) bond motifs is 1. The van der Waals surface area contributed by atoms with Gasteiger partial charge in [-0.1, -0.05) is 22.9 Å². The molecule has 8 heteroatoms. The number of rotatable bonds is 4. The number of thiophene rings is 1. The van der Waals surface area contributed by atoms with Gasteiger partial charge in [-0.25, -0.2) is 8.42 Å². The molecule has 3 rings (SSSR count). The highest BCUT2D eigenvalue weighted by atomic mass is 79.9. The summed E-state index contributed by atoms with van der Waals surface area (Å²) >= 11 is 4.69. The van der Waals surface area contributed by atoms with Crippen LogP contribution in [0.4, 0.5) is 5.00 Å². The number of halogens is 1. The second-order valence-electron chi connectivity index (χ2n) is 6.44. The van der Waals surface area contributed by atoms with Crippen molar-refractivity contribution in [2.45, 2.75) is 38.0 Å². The predicted octanol–water partition coefficient (Wildman–Crippen LogP) is 3.84. The molecule has 1 aromatic carbocycles. The van der Waals surface area contributed by atoms with Crippen LogP contribution in [0.5, 0.6) is 0 Å². The van der Waals surface area contributed by atoms with E-state index in [9.17, 15) is 13.2 Å². The van der Waals surface area contributed by atoms with Crippen LogP contribution in [0.25, 0.3) is 0 Å². The average Bonchev–Trinajstić information content (AvgIpc) is 2.85. The van der Waals surface area contributed by atoms with Crippen molar-refractivity contribution < 1.29 is 13.2 Å². The molecule has 1 amide bonds. The predicted molar refractivity (Wildman–Crippen MR) is 104 cm³/mol. The topological polar surface area (TPSA) is 89.3 Å². The summed E-state index contributed by atoms with van der Waals surface area (Å²) in [4.78, 5) is 13.2. The van der Waals surface area contributed by atoms with Gasteiger partial charge in [-0.05, 0) is 61.4 Å². The van der Waals surface area contributed by atoms with E-state index in [2.05, 4.69) is 27.6 Å². The molecule has 0 aliphatic heterocycles. The first-order chi connectivity index (χ1) is 11.7. The molecule has 3 N–H and O–H groups in total. The largest absolute Gasteiger partial charge is 0.365 e. The van der Waals surface area contributed by atoms with Gasteiger partial charge in [0.1, 0.15) is 5.00 Å². The van der Waals surface area contributed by atoms with Gasteiger partial charge in [0.05, 0.1) is 10.5 Å². The van der Waals surface area contributed by atoms with Crippen molar-refractivity contribution in [1.29, 1.82) is 0 Å². The van der Waals surface area contributed by atoms with Crippen LogP contribution in [0, 0.1) is 12.8 Å². The van der Waals surface area contributed by atoms with Gasteiger partial charge in [0.15, 0.2) is 0 Å². The SMILES string of the molecule is Cc1cc(S(=O)(=O)Nc2sc3c(c2C(N)=O)CCC(C)C3)ccc1Br. The lowest BCUT2D eigenvalue weighted by Crippen LogP contribution is -2.19. The summed E-state index contributed by atoms with van der Waals surface area (Å²) in [6, 6.07) is 4.81. The maximum Gasteiger partial charge on any atom is 0.262 e. The highest BCUT2D eigenvalue weighted by molar-refractivity contribution is 9.10. The third-order valence-electron chi connectivity index (χ3n) is 4.42. The van der Waals surface area contributed by atoms with E-state index in [0.29, 0.717) is 16.5 Å². The van der Waals surface area contributed by atoms with E-state index < -0.39 is 15.9 Å². The van der Waals surface area contributed by atoms with Gasteiger partial charge in [0.25, 0.3) is 15.9 Å². The molecule has 1 unspecified atom stereocenters. The van der Waals surface area contributed by atoms with Gasteiger partial charge < -0.3 is 5.73 Å². The van der Waals surface area contributed by atoms with Crippen LogP contribution >= 0.6 is 27.3 Å². The van der Waals surface area contributed by atoms with Crippen molar-refractivity contribution in [1.82, 2.24) is 0 Å². The number of hydrogen-bond donors (Lipinski definition) is 2. The number of carbonyl (C=O) groups excluding carboxylic acids is 1. The Balaban J connectivity index is 2.02. The molecule has 1 atom stereocenters. The number of sulfonamides is 1. The summed E-state index contributed by atoms with van der Waals surface area (Å²) in [5.74, 6) is -0.0674. The van der Waals surface area contributed by atoms with Crippen LogP contribution in [0.1, 0.15) is 39.7 Å². The fraction of sp³-hybridized carbons (Fsp3) is 0.353. The van der Waals surface area contributed by atoms with Gasteiger partial charge in [-0.15, -0.1) is 11.3 Å². The number of hydrogen-bond acceptors (Lipinski definition) is 4. The standard InChI is InChI=1S/C17H19BrN2O3S2/c1-9-3-5-12-14(7-9)24-17(15(12)16(19)21)20-25(22,23)11-4-6-13(18)10(2)8-11/h4,6,8-9,20H,3,5,7H2,1-2H3,(H2,19,21). The first kappa shape index (κ1) is 18.4. The van der Waals surface area contributed by atoms with Crippen LogP contribution in [-0.2, 0) is 22.9 Å². The molecule has 0 spiro atoms. The molecule has 1 aliphatic carbocycles. The van der Waals surface area contributed by atoms with E-state index in [1.807, 2.05) is 6.92 Å². The summed E-state index contributed by atoms with van der Waals surface area (Å²) in [6.45, 7) is 3.98. The molecule has 134 valence electrons. The Hall–Kier alpha value is -1.38. The Bertz CT molecular complexity index is 951. The molecule has 0 saturated heterocycles. The van der Waals surface area contributed by atoms with E-state index >= 15 is 0 Å². The number of carbonyl (C=O) groups is 1. The third kappa shape index (κ3) is 3.61. The van der Waals surface area contributed by atoms with Gasteiger partial charge in [-0.2, -0.15) is 0 Å². The highest BCUT2D eigenvalue weighted by Crippen LogP contribution is 2.40. The van der Waals surface area contributed by atoms with Gasteiger partial charge in [-0.3, -0.25) is 9.52 Å². The molecule has 1 aromatic heterocycles. The fourth-order valence-electron chi connectivity index (χ4n) is 3.05. The van der Waals surface area contributed by atoms with Crippen molar-refractivity contribution in [3.63, 3.8) is 0 Å². The molecular formula is C17H19BrN2O3S2. The minimum absolute atomic E-state index is 0.156. The van der Waals surface area contributed by atoms with E-state index in [4.69, 9.17) is 5.73 Å². The van der Waals surface area contributed by atoms with Crippen LogP contribution in [-0.4, -0.2) is 14.3 Å². The molecule has 0 saturated carbocycles. The molecule has 1 heterocycles. The lowest BCUT2D eigenvalue weighted by atomic mass is 9.88. The van der Waals surface area contributed by atoms with E-state index in [1.165, 1.54) is 17.4 Å². The first-order valence-electron chi connectivity index (χ1n) is 7.92. The number of nitrogens with two attached hydrogens (primary N) is 1. The second-order valence-corrected chi connectivity index (χ2v) is 10.1. The van der Waals surface area contributed by atoms with Gasteiger partial charge in [0, 0.05) is 9.35 Å². The quantitative estimate of drug-likeness (QED) is 0.753. The molecule has 25 heavy (non-hydrogen) atoms. The number of aryl methyl sites for hydroxylation is 1. The third-order valence-corrected chi connectivity index (χ3v) is 7.96. The Kier molecular flexibility index (Phi) is 4.96. The van der Waals surface area contributed by atoms with Crippen LogP contribution in [0.3, 0.4) is 0 Å². The molecule has 2 aromatic rings. The van der Waals surface area contributed by atoms with E-state index in [0.717, 1.165) is 39.7 Å². The zero-order valence-corrected chi connectivity index (χ0v) is 17.1. The molecular weight excluding hydrogens is 424 g/mol. The Morgan fingerprint density at radius 1 is 1.40 bits per heavy atom. The van der Waals surface area contributed by atoms with E-state index in [1.54, 1.807) is 12.1 Å². The Morgan fingerprint density at radius 3 is 2.76 bits per heavy atom. The van der Waals surface area contributed by atoms with E-state index in [-0.39, 0.29) is 4.90 Å².